The van der Waals surface area contributed by atoms with Gasteiger partial charge in [-0.15, -0.1) is 17.9 Å². The molecule has 1 N–H and O–H groups in total. The van der Waals surface area contributed by atoms with E-state index in [0.29, 0.717) is 0 Å². The van der Waals surface area contributed by atoms with E-state index in [1.54, 1.807) is 4.91 Å². The standard InChI is InChI=1S/C24H54N3P.ClH.HN3/c1-19(2,3)25(20(4,5)6)28(26(21(7,8)9)22(10,11)12)27(23(13,14)15)24(16,17)18;;1-3-2/h1-18H3;1H;1H. The lowest BCUT2D eigenvalue weighted by molar-refractivity contribution is 0.0451. The van der Waals surface area contributed by atoms with Crippen LogP contribution in [0, 0.1) is 5.53 Å². The third kappa shape index (κ3) is 10.9. The highest BCUT2D eigenvalue weighted by molar-refractivity contribution is 7.50. The quantitative estimate of drug-likeness (QED) is 0.184. The van der Waals surface area contributed by atoms with Gasteiger partial charge in [0.2, 0.25) is 0 Å². The van der Waals surface area contributed by atoms with Crippen LogP contribution in [0.3, 0.4) is 0 Å². The second-order valence-electron chi connectivity index (χ2n) is 14.3. The van der Waals surface area contributed by atoms with Gasteiger partial charge in [0.05, 0.1) is 0 Å². The van der Waals surface area contributed by atoms with Crippen molar-refractivity contribution >= 4 is 20.8 Å². The first-order valence-electron chi connectivity index (χ1n) is 11.4. The molecular formula is C24H56ClN6P. The Bertz CT molecular complexity index is 471. The highest BCUT2D eigenvalue weighted by atomic mass is 35.5. The molecule has 0 saturated carbocycles. The predicted octanol–water partition coefficient (Wildman–Crippen LogP) is 9.21. The van der Waals surface area contributed by atoms with Gasteiger partial charge in [-0.2, -0.15) is 0 Å². The molecule has 0 aliphatic heterocycles. The summed E-state index contributed by atoms with van der Waals surface area (Å²) in [6.45, 7) is 42.8. The van der Waals surface area contributed by atoms with Gasteiger partial charge in [-0.25, -0.2) is 14.0 Å². The van der Waals surface area contributed by atoms with Gasteiger partial charge in [-0.3, -0.25) is 0 Å². The van der Waals surface area contributed by atoms with E-state index in [1.165, 1.54) is 0 Å². The minimum atomic E-state index is -0.779. The maximum absolute atomic E-state index is 6.86. The maximum Gasteiger partial charge on any atom is 0.123 e. The summed E-state index contributed by atoms with van der Waals surface area (Å²) in [7, 11) is -0.779. The maximum atomic E-state index is 6.86. The van der Waals surface area contributed by atoms with E-state index < -0.39 is 8.37 Å². The molecule has 0 aromatic heterocycles. The zero-order valence-corrected chi connectivity index (χ0v) is 26.3. The molecule has 194 valence electrons. The lowest BCUT2D eigenvalue weighted by atomic mass is 10.0. The molecule has 0 aliphatic carbocycles. The predicted molar refractivity (Wildman–Crippen MR) is 148 cm³/mol. The van der Waals surface area contributed by atoms with Gasteiger partial charge in [0.15, 0.2) is 0 Å². The average Bonchev–Trinajstić information content (AvgIpc) is 2.27. The minimum absolute atomic E-state index is 0. The fourth-order valence-corrected chi connectivity index (χ4v) is 8.65. The molecular weight excluding hydrogens is 439 g/mol. The molecule has 0 saturated heterocycles. The molecule has 0 unspecified atom stereocenters. The van der Waals surface area contributed by atoms with E-state index >= 15 is 0 Å². The van der Waals surface area contributed by atoms with Gasteiger partial charge in [-0.05, 0) is 135 Å². The van der Waals surface area contributed by atoms with Gasteiger partial charge in [-0.1, -0.05) is 0 Å². The minimum Gasteiger partial charge on any atom is -0.247 e. The smallest absolute Gasteiger partial charge is 0.123 e. The van der Waals surface area contributed by atoms with Crippen LogP contribution < -0.4 is 0 Å². The Labute approximate surface area is 208 Å². The van der Waals surface area contributed by atoms with Crippen molar-refractivity contribution in [1.82, 2.24) is 14.0 Å². The molecule has 0 radical (unpaired) electrons. The normalized spacial score (nSPS) is 14.3. The van der Waals surface area contributed by atoms with Crippen LogP contribution in [-0.2, 0) is 0 Å². The van der Waals surface area contributed by atoms with E-state index in [0.717, 1.165) is 0 Å². The third-order valence-electron chi connectivity index (χ3n) is 4.35. The van der Waals surface area contributed by atoms with Crippen LogP contribution in [0.25, 0.3) is 10.4 Å². The van der Waals surface area contributed by atoms with Crippen LogP contribution in [0.5, 0.6) is 0 Å². The number of halogens is 1. The number of hydrogen-bond acceptors (Lipinski definition) is 4. The molecule has 0 rings (SSSR count). The van der Waals surface area contributed by atoms with Crippen molar-refractivity contribution in [1.29, 1.82) is 5.53 Å². The fourth-order valence-electron chi connectivity index (χ4n) is 4.90. The summed E-state index contributed by atoms with van der Waals surface area (Å²) >= 11 is 0. The summed E-state index contributed by atoms with van der Waals surface area (Å²) in [5.74, 6) is 0. The van der Waals surface area contributed by atoms with E-state index in [4.69, 9.17) is 11.1 Å². The molecule has 6 nitrogen and oxygen atoms in total. The summed E-state index contributed by atoms with van der Waals surface area (Å²) in [5.41, 5.74) is 12.5. The van der Waals surface area contributed by atoms with Crippen molar-refractivity contribution < 1.29 is 0 Å². The second kappa shape index (κ2) is 11.6. The number of nitrogens with one attached hydrogen (secondary N) is 1. The lowest BCUT2D eigenvalue weighted by Gasteiger charge is -2.65. The Morgan fingerprint density at radius 2 is 0.562 bits per heavy atom. The highest BCUT2D eigenvalue weighted by Gasteiger charge is 2.53. The summed E-state index contributed by atoms with van der Waals surface area (Å²) in [6, 6.07) is 0. The summed E-state index contributed by atoms with van der Waals surface area (Å²) in [4.78, 5) is 1.75. The van der Waals surface area contributed by atoms with Crippen LogP contribution >= 0.6 is 20.8 Å². The third-order valence-corrected chi connectivity index (χ3v) is 9.02. The molecule has 0 atom stereocenters. The molecule has 0 fully saturated rings. The number of hydrogen-bond donors (Lipinski definition) is 1. The van der Waals surface area contributed by atoms with E-state index in [9.17, 15) is 0 Å². The van der Waals surface area contributed by atoms with Crippen molar-refractivity contribution in [3.63, 3.8) is 0 Å². The summed E-state index contributed by atoms with van der Waals surface area (Å²) < 4.78 is 8.38. The number of rotatable bonds is 3. The van der Waals surface area contributed by atoms with Crippen LogP contribution in [0.2, 0.25) is 0 Å². The monoisotopic (exact) mass is 494 g/mol. The Morgan fingerprint density at radius 1 is 0.469 bits per heavy atom. The molecule has 0 amide bonds. The lowest BCUT2D eigenvalue weighted by Crippen LogP contribution is -2.64. The van der Waals surface area contributed by atoms with Crippen LogP contribution in [0.1, 0.15) is 125 Å². The van der Waals surface area contributed by atoms with Crippen molar-refractivity contribution in [2.45, 2.75) is 158 Å². The average molecular weight is 495 g/mol. The Kier molecular flexibility index (Phi) is 13.2. The molecule has 32 heavy (non-hydrogen) atoms. The van der Waals surface area contributed by atoms with Crippen molar-refractivity contribution in [3.05, 3.63) is 10.4 Å². The molecule has 0 aromatic carbocycles. The summed E-state index contributed by atoms with van der Waals surface area (Å²) in [5, 5.41) is 0. The summed E-state index contributed by atoms with van der Waals surface area (Å²) in [6.07, 6.45) is 0. The van der Waals surface area contributed by atoms with Gasteiger partial charge >= 0.3 is 0 Å². The number of nitrogens with zero attached hydrogens (tertiary/aromatic N) is 5. The van der Waals surface area contributed by atoms with Crippen LogP contribution in [0.15, 0.2) is 0 Å². The molecule has 0 heterocycles. The van der Waals surface area contributed by atoms with Gasteiger partial charge in [0.25, 0.3) is 0 Å². The topological polar surface area (TPSA) is 70.0 Å². The van der Waals surface area contributed by atoms with E-state index in [1.807, 2.05) is 0 Å². The Morgan fingerprint density at radius 3 is 0.625 bits per heavy atom. The SMILES string of the molecule is CC(C)(C)N(P(N(C(C)(C)C)C(C)(C)C)N(C(C)(C)C)C(C)(C)C)C(C)(C)C.Cl.[N-]=[N+]=N. The van der Waals surface area contributed by atoms with Crippen molar-refractivity contribution in [3.8, 4) is 0 Å². The second-order valence-corrected chi connectivity index (χ2v) is 16.1. The Hall–Kier alpha value is -0.0900. The van der Waals surface area contributed by atoms with E-state index in [2.05, 4.69) is 139 Å². The van der Waals surface area contributed by atoms with Crippen LogP contribution in [-0.4, -0.2) is 47.2 Å². The van der Waals surface area contributed by atoms with Crippen molar-refractivity contribution in [2.24, 2.45) is 0 Å². The van der Waals surface area contributed by atoms with Crippen LogP contribution in [0.4, 0.5) is 0 Å². The first kappa shape index (κ1) is 36.5. The molecule has 0 aromatic rings. The molecule has 8 heteroatoms. The van der Waals surface area contributed by atoms with E-state index in [-0.39, 0.29) is 45.6 Å². The largest absolute Gasteiger partial charge is 0.247 e. The first-order valence-corrected chi connectivity index (χ1v) is 12.6. The zero-order chi connectivity index (χ0) is 26.0. The van der Waals surface area contributed by atoms with Gasteiger partial charge < -0.3 is 0 Å². The highest BCUT2D eigenvalue weighted by Crippen LogP contribution is 2.64. The van der Waals surface area contributed by atoms with Gasteiger partial charge in [0, 0.05) is 33.2 Å². The zero-order valence-electron chi connectivity index (χ0n) is 24.6. The Balaban J connectivity index is -0.00000198. The molecule has 0 aliphatic rings. The first-order chi connectivity index (χ1) is 13.1. The molecule has 0 spiro atoms. The molecule has 0 bridgehead atoms. The fraction of sp³-hybridized carbons (Fsp3) is 1.00. The van der Waals surface area contributed by atoms with Gasteiger partial charge in [0.1, 0.15) is 8.37 Å². The van der Waals surface area contributed by atoms with Crippen molar-refractivity contribution in [2.75, 3.05) is 0 Å².